The SMILES string of the molecule is CCO.O=C(O)C(=Cc1ccccc1)c1ccccc1. The Morgan fingerprint density at radius 1 is 1.00 bits per heavy atom. The van der Waals surface area contributed by atoms with Crippen LogP contribution in [0, 0.1) is 0 Å². The molecular weight excluding hydrogens is 252 g/mol. The monoisotopic (exact) mass is 270 g/mol. The maximum atomic E-state index is 11.2. The molecule has 20 heavy (non-hydrogen) atoms. The summed E-state index contributed by atoms with van der Waals surface area (Å²) in [5.41, 5.74) is 1.90. The topological polar surface area (TPSA) is 57.5 Å². The molecule has 0 aliphatic heterocycles. The average Bonchev–Trinajstić information content (AvgIpc) is 2.47. The molecule has 0 aromatic heterocycles. The van der Waals surface area contributed by atoms with Gasteiger partial charge in [-0.3, -0.25) is 0 Å². The average molecular weight is 270 g/mol. The molecule has 0 fully saturated rings. The van der Waals surface area contributed by atoms with Crippen molar-refractivity contribution >= 4 is 17.6 Å². The second-order valence-corrected chi connectivity index (χ2v) is 3.96. The second-order valence-electron chi connectivity index (χ2n) is 3.96. The van der Waals surface area contributed by atoms with E-state index in [0.29, 0.717) is 11.1 Å². The van der Waals surface area contributed by atoms with Gasteiger partial charge in [-0.1, -0.05) is 60.7 Å². The summed E-state index contributed by atoms with van der Waals surface area (Å²) in [7, 11) is 0. The maximum Gasteiger partial charge on any atom is 0.336 e. The highest BCUT2D eigenvalue weighted by atomic mass is 16.4. The number of carboxylic acids is 1. The van der Waals surface area contributed by atoms with Gasteiger partial charge in [0.25, 0.3) is 0 Å². The summed E-state index contributed by atoms with van der Waals surface area (Å²) in [6.07, 6.45) is 1.68. The van der Waals surface area contributed by atoms with Crippen LogP contribution in [0.2, 0.25) is 0 Å². The fraction of sp³-hybridized carbons (Fsp3) is 0.118. The highest BCUT2D eigenvalue weighted by molar-refractivity contribution is 6.20. The lowest BCUT2D eigenvalue weighted by atomic mass is 10.0. The molecule has 2 N–H and O–H groups in total. The zero-order valence-electron chi connectivity index (χ0n) is 11.4. The molecule has 0 amide bonds. The second kappa shape index (κ2) is 8.67. The van der Waals surface area contributed by atoms with E-state index < -0.39 is 5.97 Å². The molecule has 0 bridgehead atoms. The fourth-order valence-electron chi connectivity index (χ4n) is 1.60. The van der Waals surface area contributed by atoms with Gasteiger partial charge in [-0.15, -0.1) is 0 Å². The molecular formula is C17H18O3. The number of aliphatic carboxylic acids is 1. The Hall–Kier alpha value is -2.39. The standard InChI is InChI=1S/C15H12O2.C2H6O/c16-15(17)14(13-9-5-2-6-10-13)11-12-7-3-1-4-8-12;1-2-3/h1-11H,(H,16,17);3H,2H2,1H3. The number of carbonyl (C=O) groups is 1. The summed E-state index contributed by atoms with van der Waals surface area (Å²) >= 11 is 0. The number of aliphatic hydroxyl groups is 1. The van der Waals surface area contributed by atoms with Crippen molar-refractivity contribution in [3.05, 3.63) is 71.8 Å². The van der Waals surface area contributed by atoms with Gasteiger partial charge in [-0.2, -0.15) is 0 Å². The Morgan fingerprint density at radius 3 is 1.90 bits per heavy atom. The minimum absolute atomic E-state index is 0.250. The van der Waals surface area contributed by atoms with Gasteiger partial charge in [-0.05, 0) is 24.1 Å². The van der Waals surface area contributed by atoms with Crippen LogP contribution in [-0.4, -0.2) is 22.8 Å². The lowest BCUT2D eigenvalue weighted by molar-refractivity contribution is -0.130. The summed E-state index contributed by atoms with van der Waals surface area (Å²) < 4.78 is 0. The first kappa shape index (κ1) is 15.7. The van der Waals surface area contributed by atoms with Crippen molar-refractivity contribution in [2.45, 2.75) is 6.92 Å². The predicted molar refractivity (Wildman–Crippen MR) is 81.2 cm³/mol. The Balaban J connectivity index is 0.000000612. The fourth-order valence-corrected chi connectivity index (χ4v) is 1.60. The van der Waals surface area contributed by atoms with E-state index in [1.54, 1.807) is 25.1 Å². The Labute approximate surface area is 118 Å². The zero-order valence-corrected chi connectivity index (χ0v) is 11.4. The number of hydrogen-bond donors (Lipinski definition) is 2. The maximum absolute atomic E-state index is 11.2. The molecule has 0 unspecified atom stereocenters. The number of hydrogen-bond acceptors (Lipinski definition) is 2. The molecule has 2 aromatic carbocycles. The van der Waals surface area contributed by atoms with E-state index in [1.165, 1.54) is 0 Å². The van der Waals surface area contributed by atoms with Gasteiger partial charge in [0.05, 0.1) is 5.57 Å². The van der Waals surface area contributed by atoms with Crippen LogP contribution in [0.5, 0.6) is 0 Å². The van der Waals surface area contributed by atoms with Crippen molar-refractivity contribution in [1.82, 2.24) is 0 Å². The highest BCUT2D eigenvalue weighted by Crippen LogP contribution is 2.18. The smallest absolute Gasteiger partial charge is 0.336 e. The molecule has 0 saturated heterocycles. The van der Waals surface area contributed by atoms with Crippen LogP contribution >= 0.6 is 0 Å². The first-order valence-electron chi connectivity index (χ1n) is 6.35. The van der Waals surface area contributed by atoms with Gasteiger partial charge in [0, 0.05) is 6.61 Å². The third kappa shape index (κ3) is 5.08. The van der Waals surface area contributed by atoms with Gasteiger partial charge >= 0.3 is 5.97 Å². The van der Waals surface area contributed by atoms with Crippen LogP contribution in [0.3, 0.4) is 0 Å². The molecule has 0 radical (unpaired) electrons. The van der Waals surface area contributed by atoms with Crippen molar-refractivity contribution in [3.8, 4) is 0 Å². The minimum atomic E-state index is -0.917. The Bertz CT molecular complexity index is 545. The van der Waals surface area contributed by atoms with Gasteiger partial charge < -0.3 is 10.2 Å². The first-order valence-corrected chi connectivity index (χ1v) is 6.35. The third-order valence-corrected chi connectivity index (χ3v) is 2.43. The molecule has 0 atom stereocenters. The van der Waals surface area contributed by atoms with E-state index in [9.17, 15) is 9.90 Å². The largest absolute Gasteiger partial charge is 0.478 e. The molecule has 2 aromatic rings. The molecule has 3 heteroatoms. The van der Waals surface area contributed by atoms with E-state index in [0.717, 1.165) is 5.56 Å². The lowest BCUT2D eigenvalue weighted by Crippen LogP contribution is -1.99. The number of benzene rings is 2. The third-order valence-electron chi connectivity index (χ3n) is 2.43. The quantitative estimate of drug-likeness (QED) is 0.664. The van der Waals surface area contributed by atoms with E-state index in [4.69, 9.17) is 5.11 Å². The molecule has 104 valence electrons. The summed E-state index contributed by atoms with van der Waals surface area (Å²) in [6, 6.07) is 18.6. The van der Waals surface area contributed by atoms with Crippen molar-refractivity contribution in [1.29, 1.82) is 0 Å². The van der Waals surface area contributed by atoms with Crippen LogP contribution in [0.1, 0.15) is 18.1 Å². The van der Waals surface area contributed by atoms with Crippen molar-refractivity contribution in [2.24, 2.45) is 0 Å². The summed E-state index contributed by atoms with van der Waals surface area (Å²) in [5, 5.41) is 16.8. The van der Waals surface area contributed by atoms with Crippen molar-refractivity contribution < 1.29 is 15.0 Å². The van der Waals surface area contributed by atoms with Crippen LogP contribution in [-0.2, 0) is 4.79 Å². The van der Waals surface area contributed by atoms with Gasteiger partial charge in [-0.25, -0.2) is 4.79 Å². The van der Waals surface area contributed by atoms with Gasteiger partial charge in [0.2, 0.25) is 0 Å². The Kier molecular flexibility index (Phi) is 6.79. The molecule has 0 aliphatic carbocycles. The zero-order chi connectivity index (χ0) is 14.8. The van der Waals surface area contributed by atoms with Gasteiger partial charge in [0.1, 0.15) is 0 Å². The molecule has 2 rings (SSSR count). The normalized spacial score (nSPS) is 10.4. The van der Waals surface area contributed by atoms with E-state index in [1.807, 2.05) is 48.5 Å². The number of rotatable bonds is 3. The van der Waals surface area contributed by atoms with E-state index >= 15 is 0 Å². The summed E-state index contributed by atoms with van der Waals surface area (Å²) in [4.78, 5) is 11.2. The molecule has 0 aliphatic rings. The number of aliphatic hydroxyl groups excluding tert-OH is 1. The lowest BCUT2D eigenvalue weighted by Gasteiger charge is -2.02. The van der Waals surface area contributed by atoms with Crippen molar-refractivity contribution in [2.75, 3.05) is 6.61 Å². The van der Waals surface area contributed by atoms with Crippen LogP contribution < -0.4 is 0 Å². The van der Waals surface area contributed by atoms with Gasteiger partial charge in [0.15, 0.2) is 0 Å². The Morgan fingerprint density at radius 2 is 1.45 bits per heavy atom. The van der Waals surface area contributed by atoms with Crippen molar-refractivity contribution in [3.63, 3.8) is 0 Å². The molecule has 3 nitrogen and oxygen atoms in total. The first-order chi connectivity index (χ1) is 9.69. The van der Waals surface area contributed by atoms with Crippen LogP contribution in [0.25, 0.3) is 11.6 Å². The molecule has 0 heterocycles. The highest BCUT2D eigenvalue weighted by Gasteiger charge is 2.09. The molecule has 0 saturated carbocycles. The van der Waals surface area contributed by atoms with E-state index in [-0.39, 0.29) is 6.61 Å². The summed E-state index contributed by atoms with van der Waals surface area (Å²) in [6.45, 7) is 1.93. The minimum Gasteiger partial charge on any atom is -0.478 e. The van der Waals surface area contributed by atoms with Crippen LogP contribution in [0.15, 0.2) is 60.7 Å². The van der Waals surface area contributed by atoms with E-state index in [2.05, 4.69) is 0 Å². The van der Waals surface area contributed by atoms with Crippen LogP contribution in [0.4, 0.5) is 0 Å². The summed E-state index contributed by atoms with van der Waals surface area (Å²) in [5.74, 6) is -0.917. The predicted octanol–water partition coefficient (Wildman–Crippen LogP) is 3.31. The molecule has 0 spiro atoms. The number of carboxylic acid groups (broad SMARTS) is 1.